The topological polar surface area (TPSA) is 45.6 Å². The van der Waals surface area contributed by atoms with Crippen LogP contribution in [0.4, 0.5) is 5.69 Å². The van der Waals surface area contributed by atoms with Crippen molar-refractivity contribution in [2.45, 2.75) is 6.54 Å². The van der Waals surface area contributed by atoms with Crippen molar-refractivity contribution in [1.82, 2.24) is 9.47 Å². The summed E-state index contributed by atoms with van der Waals surface area (Å²) in [5.41, 5.74) is 2.82. The molecule has 3 aromatic carbocycles. The molecule has 1 aromatic heterocycles. The Kier molecular flexibility index (Phi) is 4.71. The SMILES string of the molecule is O=C(Cn1c2ccccc2c(=O)c2ccccc21)N1CCN(c2ccccc2)CC1. The van der Waals surface area contributed by atoms with E-state index in [9.17, 15) is 9.59 Å². The third kappa shape index (κ3) is 3.22. The normalized spacial score (nSPS) is 14.4. The number of piperazine rings is 1. The third-order valence-electron chi connectivity index (χ3n) is 5.93. The Morgan fingerprint density at radius 1 is 0.700 bits per heavy atom. The first-order chi connectivity index (χ1) is 14.7. The van der Waals surface area contributed by atoms with Crippen LogP contribution in [0.3, 0.4) is 0 Å². The average Bonchev–Trinajstić information content (AvgIpc) is 2.82. The van der Waals surface area contributed by atoms with Crippen LogP contribution < -0.4 is 10.3 Å². The lowest BCUT2D eigenvalue weighted by Gasteiger charge is -2.36. The molecule has 0 atom stereocenters. The number of fused-ring (bicyclic) bond motifs is 2. The van der Waals surface area contributed by atoms with E-state index in [0.717, 1.165) is 24.1 Å². The molecule has 150 valence electrons. The van der Waals surface area contributed by atoms with Gasteiger partial charge in [-0.25, -0.2) is 0 Å². The summed E-state index contributed by atoms with van der Waals surface area (Å²) in [6.07, 6.45) is 0. The Morgan fingerprint density at radius 3 is 1.83 bits per heavy atom. The second-order valence-electron chi connectivity index (χ2n) is 7.65. The first-order valence-electron chi connectivity index (χ1n) is 10.3. The molecule has 0 spiro atoms. The molecule has 0 saturated carbocycles. The van der Waals surface area contributed by atoms with E-state index in [1.807, 2.05) is 76.2 Å². The summed E-state index contributed by atoms with van der Waals surface area (Å²) in [6.45, 7) is 3.27. The van der Waals surface area contributed by atoms with Crippen LogP contribution in [-0.2, 0) is 11.3 Å². The van der Waals surface area contributed by atoms with Crippen molar-refractivity contribution < 1.29 is 4.79 Å². The summed E-state index contributed by atoms with van der Waals surface area (Å²) in [5.74, 6) is 0.0849. The maximum absolute atomic E-state index is 13.2. The molecule has 1 fully saturated rings. The van der Waals surface area contributed by atoms with Gasteiger partial charge in [0.25, 0.3) is 0 Å². The van der Waals surface area contributed by atoms with Gasteiger partial charge in [-0.2, -0.15) is 0 Å². The van der Waals surface area contributed by atoms with E-state index >= 15 is 0 Å². The maximum Gasteiger partial charge on any atom is 0.242 e. The molecule has 5 nitrogen and oxygen atoms in total. The minimum atomic E-state index is 0.0152. The first kappa shape index (κ1) is 18.4. The second-order valence-corrected chi connectivity index (χ2v) is 7.65. The van der Waals surface area contributed by atoms with Gasteiger partial charge < -0.3 is 14.4 Å². The summed E-state index contributed by atoms with van der Waals surface area (Å²) in [5, 5.41) is 1.30. The molecule has 1 aliphatic heterocycles. The smallest absolute Gasteiger partial charge is 0.242 e. The van der Waals surface area contributed by atoms with Crippen molar-refractivity contribution in [3.05, 3.63) is 89.1 Å². The lowest BCUT2D eigenvalue weighted by molar-refractivity contribution is -0.132. The third-order valence-corrected chi connectivity index (χ3v) is 5.93. The van der Waals surface area contributed by atoms with Crippen molar-refractivity contribution >= 4 is 33.4 Å². The number of hydrogen-bond donors (Lipinski definition) is 0. The molecular formula is C25H23N3O2. The van der Waals surface area contributed by atoms with Gasteiger partial charge in [0.15, 0.2) is 5.43 Å². The van der Waals surface area contributed by atoms with Gasteiger partial charge in [-0.15, -0.1) is 0 Å². The average molecular weight is 397 g/mol. The van der Waals surface area contributed by atoms with Gasteiger partial charge in [0.2, 0.25) is 5.91 Å². The van der Waals surface area contributed by atoms with E-state index < -0.39 is 0 Å². The largest absolute Gasteiger partial charge is 0.368 e. The molecular weight excluding hydrogens is 374 g/mol. The van der Waals surface area contributed by atoms with Crippen molar-refractivity contribution in [2.75, 3.05) is 31.1 Å². The van der Waals surface area contributed by atoms with E-state index in [0.29, 0.717) is 23.9 Å². The highest BCUT2D eigenvalue weighted by atomic mass is 16.2. The number of para-hydroxylation sites is 3. The summed E-state index contributed by atoms with van der Waals surface area (Å²) in [4.78, 5) is 30.3. The summed E-state index contributed by atoms with van der Waals surface area (Å²) in [7, 11) is 0. The molecule has 2 heterocycles. The predicted octanol–water partition coefficient (Wildman–Crippen LogP) is 3.50. The number of hydrogen-bond acceptors (Lipinski definition) is 3. The Morgan fingerprint density at radius 2 is 1.23 bits per heavy atom. The lowest BCUT2D eigenvalue weighted by atomic mass is 10.1. The van der Waals surface area contributed by atoms with Crippen LogP contribution in [0.25, 0.3) is 21.8 Å². The van der Waals surface area contributed by atoms with Crippen LogP contribution in [0.1, 0.15) is 0 Å². The molecule has 30 heavy (non-hydrogen) atoms. The molecule has 1 amide bonds. The van der Waals surface area contributed by atoms with E-state index in [1.165, 1.54) is 5.69 Å². The van der Waals surface area contributed by atoms with Gasteiger partial charge in [-0.1, -0.05) is 42.5 Å². The monoisotopic (exact) mass is 397 g/mol. The van der Waals surface area contributed by atoms with Gasteiger partial charge in [-0.3, -0.25) is 9.59 Å². The molecule has 5 heteroatoms. The number of anilines is 1. The van der Waals surface area contributed by atoms with Crippen LogP contribution in [0.2, 0.25) is 0 Å². The standard InChI is InChI=1S/C25H23N3O2/c29-24(27-16-14-26(15-17-27)19-8-2-1-3-9-19)18-28-22-12-6-4-10-20(22)25(30)21-11-5-7-13-23(21)28/h1-13H,14-18H2. The summed E-state index contributed by atoms with van der Waals surface area (Å²) >= 11 is 0. The number of benzene rings is 3. The van der Waals surface area contributed by atoms with E-state index in [1.54, 1.807) is 0 Å². The number of aromatic nitrogens is 1. The molecule has 0 N–H and O–H groups in total. The zero-order valence-corrected chi connectivity index (χ0v) is 16.7. The highest BCUT2D eigenvalue weighted by molar-refractivity contribution is 5.94. The fourth-order valence-corrected chi connectivity index (χ4v) is 4.34. The molecule has 0 unspecified atom stereocenters. The number of carbonyl (C=O) groups is 1. The molecule has 1 saturated heterocycles. The van der Waals surface area contributed by atoms with E-state index in [4.69, 9.17) is 0 Å². The fourth-order valence-electron chi connectivity index (χ4n) is 4.34. The number of carbonyl (C=O) groups excluding carboxylic acids is 1. The van der Waals surface area contributed by atoms with Gasteiger partial charge in [0.1, 0.15) is 6.54 Å². The highest BCUT2D eigenvalue weighted by Gasteiger charge is 2.22. The Hall–Kier alpha value is -3.60. The molecule has 1 aliphatic rings. The fraction of sp³-hybridized carbons (Fsp3) is 0.200. The zero-order valence-electron chi connectivity index (χ0n) is 16.7. The minimum absolute atomic E-state index is 0.0152. The van der Waals surface area contributed by atoms with Crippen LogP contribution in [0.15, 0.2) is 83.7 Å². The predicted molar refractivity (Wildman–Crippen MR) is 121 cm³/mol. The maximum atomic E-state index is 13.2. The summed E-state index contributed by atoms with van der Waals surface area (Å²) in [6, 6.07) is 25.4. The van der Waals surface area contributed by atoms with E-state index in [2.05, 4.69) is 17.0 Å². The minimum Gasteiger partial charge on any atom is -0.368 e. The molecule has 0 aliphatic carbocycles. The van der Waals surface area contributed by atoms with Crippen LogP contribution >= 0.6 is 0 Å². The quantitative estimate of drug-likeness (QED) is 0.497. The van der Waals surface area contributed by atoms with E-state index in [-0.39, 0.29) is 17.9 Å². The highest BCUT2D eigenvalue weighted by Crippen LogP contribution is 2.20. The van der Waals surface area contributed by atoms with Crippen LogP contribution in [0, 0.1) is 0 Å². The molecule has 5 rings (SSSR count). The van der Waals surface area contributed by atoms with Crippen molar-refractivity contribution in [2.24, 2.45) is 0 Å². The molecule has 0 bridgehead atoms. The number of pyridine rings is 1. The molecule has 4 aromatic rings. The van der Waals surface area contributed by atoms with Gasteiger partial charge >= 0.3 is 0 Å². The Balaban J connectivity index is 1.43. The zero-order chi connectivity index (χ0) is 20.5. The second kappa shape index (κ2) is 7.67. The van der Waals surface area contributed by atoms with Crippen molar-refractivity contribution in [3.63, 3.8) is 0 Å². The van der Waals surface area contributed by atoms with Gasteiger partial charge in [-0.05, 0) is 36.4 Å². The van der Waals surface area contributed by atoms with Crippen LogP contribution in [0.5, 0.6) is 0 Å². The first-order valence-corrected chi connectivity index (χ1v) is 10.3. The lowest BCUT2D eigenvalue weighted by Crippen LogP contribution is -2.49. The van der Waals surface area contributed by atoms with Crippen molar-refractivity contribution in [3.8, 4) is 0 Å². The number of nitrogens with zero attached hydrogens (tertiary/aromatic N) is 3. The number of rotatable bonds is 3. The van der Waals surface area contributed by atoms with Crippen LogP contribution in [-0.4, -0.2) is 41.6 Å². The van der Waals surface area contributed by atoms with Gasteiger partial charge in [0, 0.05) is 42.6 Å². The number of amides is 1. The van der Waals surface area contributed by atoms with Gasteiger partial charge in [0.05, 0.1) is 11.0 Å². The van der Waals surface area contributed by atoms with Crippen molar-refractivity contribution in [1.29, 1.82) is 0 Å². The Labute approximate surface area is 174 Å². The Bertz CT molecular complexity index is 1210. The molecule has 0 radical (unpaired) electrons. The summed E-state index contributed by atoms with van der Waals surface area (Å²) < 4.78 is 1.98.